The van der Waals surface area contributed by atoms with E-state index in [1.54, 1.807) is 6.07 Å². The van der Waals surface area contributed by atoms with Crippen LogP contribution in [0.15, 0.2) is 29.2 Å². The molecule has 0 radical (unpaired) electrons. The van der Waals surface area contributed by atoms with E-state index in [0.717, 1.165) is 24.3 Å². The van der Waals surface area contributed by atoms with Crippen LogP contribution in [0.1, 0.15) is 30.2 Å². The first-order chi connectivity index (χ1) is 11.0. The quantitative estimate of drug-likeness (QED) is 0.939. The summed E-state index contributed by atoms with van der Waals surface area (Å²) in [5.41, 5.74) is 1.06. The number of anilines is 1. The standard InChI is InChI=1S/C17H20N2O4/c1-11(2)19-10-14(17(21)22)16(20)13-9-12(3-4-15(13)19)18-5-7-23-8-6-18/h3-4,9-11H,5-8H2,1-2H3,(H,21,22). The van der Waals surface area contributed by atoms with Crippen LogP contribution in [-0.4, -0.2) is 41.9 Å². The highest BCUT2D eigenvalue weighted by Gasteiger charge is 2.18. The van der Waals surface area contributed by atoms with Gasteiger partial charge in [0.25, 0.3) is 0 Å². The van der Waals surface area contributed by atoms with Crippen molar-refractivity contribution in [3.8, 4) is 0 Å². The van der Waals surface area contributed by atoms with E-state index in [-0.39, 0.29) is 11.6 Å². The van der Waals surface area contributed by atoms with Crippen molar-refractivity contribution in [1.29, 1.82) is 0 Å². The molecule has 6 nitrogen and oxygen atoms in total. The predicted octanol–water partition coefficient (Wildman–Crippen LogP) is 2.12. The van der Waals surface area contributed by atoms with Gasteiger partial charge in [-0.25, -0.2) is 4.79 Å². The zero-order valence-electron chi connectivity index (χ0n) is 13.3. The third-order valence-corrected chi connectivity index (χ3v) is 4.18. The lowest BCUT2D eigenvalue weighted by molar-refractivity contribution is 0.0694. The van der Waals surface area contributed by atoms with Crippen LogP contribution in [0.4, 0.5) is 5.69 Å². The molecule has 1 aliphatic rings. The van der Waals surface area contributed by atoms with Crippen molar-refractivity contribution >= 4 is 22.6 Å². The zero-order chi connectivity index (χ0) is 16.6. The van der Waals surface area contributed by atoms with Gasteiger partial charge in [-0.2, -0.15) is 0 Å². The van der Waals surface area contributed by atoms with E-state index in [2.05, 4.69) is 4.90 Å². The molecule has 0 aliphatic carbocycles. The third-order valence-electron chi connectivity index (χ3n) is 4.18. The Hall–Kier alpha value is -2.34. The first-order valence-electron chi connectivity index (χ1n) is 7.74. The monoisotopic (exact) mass is 316 g/mol. The van der Waals surface area contributed by atoms with Crippen molar-refractivity contribution in [3.05, 3.63) is 40.2 Å². The summed E-state index contributed by atoms with van der Waals surface area (Å²) in [6.07, 6.45) is 1.44. The number of pyridine rings is 1. The Morgan fingerprint density at radius 3 is 2.57 bits per heavy atom. The topological polar surface area (TPSA) is 71.8 Å². The minimum absolute atomic E-state index is 0.0606. The van der Waals surface area contributed by atoms with Crippen LogP contribution in [0.2, 0.25) is 0 Å². The second-order valence-corrected chi connectivity index (χ2v) is 5.98. The predicted molar refractivity (Wildman–Crippen MR) is 88.6 cm³/mol. The number of aromatic nitrogens is 1. The molecule has 1 aliphatic heterocycles. The summed E-state index contributed by atoms with van der Waals surface area (Å²) in [6.45, 7) is 6.77. The Morgan fingerprint density at radius 1 is 1.26 bits per heavy atom. The summed E-state index contributed by atoms with van der Waals surface area (Å²) in [5, 5.41) is 9.76. The van der Waals surface area contributed by atoms with Crippen LogP contribution in [0.5, 0.6) is 0 Å². The third kappa shape index (κ3) is 2.82. The number of carbonyl (C=O) groups is 1. The molecule has 1 aromatic carbocycles. The zero-order valence-corrected chi connectivity index (χ0v) is 13.3. The van der Waals surface area contributed by atoms with E-state index in [1.165, 1.54) is 6.20 Å². The Bertz CT molecular complexity index is 804. The molecule has 0 atom stereocenters. The highest BCUT2D eigenvalue weighted by Crippen LogP contribution is 2.23. The molecule has 0 bridgehead atoms. The minimum atomic E-state index is -1.19. The molecule has 6 heteroatoms. The SMILES string of the molecule is CC(C)n1cc(C(=O)O)c(=O)c2cc(N3CCOCC3)ccc21. The molecule has 23 heavy (non-hydrogen) atoms. The molecule has 0 saturated carbocycles. The second-order valence-electron chi connectivity index (χ2n) is 5.98. The van der Waals surface area contributed by atoms with E-state index in [0.29, 0.717) is 18.6 Å². The number of carboxylic acids is 1. The fourth-order valence-electron chi connectivity index (χ4n) is 2.94. The fourth-order valence-corrected chi connectivity index (χ4v) is 2.94. The highest BCUT2D eigenvalue weighted by molar-refractivity contribution is 5.93. The largest absolute Gasteiger partial charge is 0.477 e. The number of carboxylic acid groups (broad SMARTS) is 1. The maximum Gasteiger partial charge on any atom is 0.341 e. The second kappa shape index (κ2) is 6.04. The molecule has 3 rings (SSSR count). The smallest absolute Gasteiger partial charge is 0.341 e. The maximum atomic E-state index is 12.5. The lowest BCUT2D eigenvalue weighted by Gasteiger charge is -2.29. The van der Waals surface area contributed by atoms with Crippen molar-refractivity contribution in [2.75, 3.05) is 31.2 Å². The maximum absolute atomic E-state index is 12.5. The molecule has 1 aromatic heterocycles. The molecule has 1 N–H and O–H groups in total. The van der Waals surface area contributed by atoms with Crippen molar-refractivity contribution in [1.82, 2.24) is 4.57 Å². The number of morpholine rings is 1. The molecule has 1 saturated heterocycles. The van der Waals surface area contributed by atoms with Crippen LogP contribution in [0, 0.1) is 0 Å². The molecule has 122 valence electrons. The fraction of sp³-hybridized carbons (Fsp3) is 0.412. The number of rotatable bonds is 3. The number of hydrogen-bond acceptors (Lipinski definition) is 4. The van der Waals surface area contributed by atoms with E-state index in [1.807, 2.05) is 30.5 Å². The molecule has 2 heterocycles. The van der Waals surface area contributed by atoms with Gasteiger partial charge in [0.05, 0.1) is 18.7 Å². The first-order valence-corrected chi connectivity index (χ1v) is 7.74. The van der Waals surface area contributed by atoms with Crippen LogP contribution in [0.3, 0.4) is 0 Å². The molecular formula is C17H20N2O4. The summed E-state index contributed by atoms with van der Waals surface area (Å²) in [5.74, 6) is -1.19. The van der Waals surface area contributed by atoms with Gasteiger partial charge in [-0.05, 0) is 32.0 Å². The summed E-state index contributed by atoms with van der Waals surface area (Å²) < 4.78 is 7.18. The van der Waals surface area contributed by atoms with Gasteiger partial charge >= 0.3 is 5.97 Å². The molecule has 0 unspecified atom stereocenters. The van der Waals surface area contributed by atoms with Gasteiger partial charge in [-0.1, -0.05) is 0 Å². The van der Waals surface area contributed by atoms with Gasteiger partial charge in [-0.15, -0.1) is 0 Å². The van der Waals surface area contributed by atoms with Crippen LogP contribution in [0.25, 0.3) is 10.9 Å². The Balaban J connectivity index is 2.22. The minimum Gasteiger partial charge on any atom is -0.477 e. The summed E-state index contributed by atoms with van der Waals surface area (Å²) >= 11 is 0. The number of ether oxygens (including phenoxy) is 1. The first kappa shape index (κ1) is 15.6. The van der Waals surface area contributed by atoms with Gasteiger partial charge in [0.15, 0.2) is 0 Å². The van der Waals surface area contributed by atoms with E-state index in [4.69, 9.17) is 4.74 Å². The van der Waals surface area contributed by atoms with Gasteiger partial charge in [0.1, 0.15) is 5.56 Å². The lowest BCUT2D eigenvalue weighted by atomic mass is 10.1. The molecule has 0 amide bonds. The van der Waals surface area contributed by atoms with Crippen molar-refractivity contribution in [3.63, 3.8) is 0 Å². The Kier molecular flexibility index (Phi) is 4.09. The molecule has 0 spiro atoms. The van der Waals surface area contributed by atoms with Crippen LogP contribution >= 0.6 is 0 Å². The number of benzene rings is 1. The van der Waals surface area contributed by atoms with Gasteiger partial charge in [0.2, 0.25) is 5.43 Å². The van der Waals surface area contributed by atoms with Gasteiger partial charge in [-0.3, -0.25) is 4.79 Å². The number of hydrogen-bond donors (Lipinski definition) is 1. The van der Waals surface area contributed by atoms with Gasteiger partial charge in [0, 0.05) is 36.4 Å². The summed E-state index contributed by atoms with van der Waals surface area (Å²) in [4.78, 5) is 26.1. The normalized spacial score (nSPS) is 15.3. The average molecular weight is 316 g/mol. The number of fused-ring (bicyclic) bond motifs is 1. The van der Waals surface area contributed by atoms with E-state index in [9.17, 15) is 14.7 Å². The summed E-state index contributed by atoms with van der Waals surface area (Å²) in [7, 11) is 0. The van der Waals surface area contributed by atoms with Crippen LogP contribution in [-0.2, 0) is 4.74 Å². The van der Waals surface area contributed by atoms with E-state index >= 15 is 0 Å². The summed E-state index contributed by atoms with van der Waals surface area (Å²) in [6, 6.07) is 5.74. The Morgan fingerprint density at radius 2 is 1.96 bits per heavy atom. The molecule has 2 aromatic rings. The lowest BCUT2D eigenvalue weighted by Crippen LogP contribution is -2.36. The van der Waals surface area contributed by atoms with Crippen molar-refractivity contribution in [2.45, 2.75) is 19.9 Å². The number of nitrogens with zero attached hydrogens (tertiary/aromatic N) is 2. The van der Waals surface area contributed by atoms with Crippen molar-refractivity contribution in [2.24, 2.45) is 0 Å². The van der Waals surface area contributed by atoms with Crippen molar-refractivity contribution < 1.29 is 14.6 Å². The molecular weight excluding hydrogens is 296 g/mol. The van der Waals surface area contributed by atoms with E-state index < -0.39 is 11.4 Å². The Labute approximate surface area is 133 Å². The highest BCUT2D eigenvalue weighted by atomic mass is 16.5. The molecule has 1 fully saturated rings. The van der Waals surface area contributed by atoms with Gasteiger partial charge < -0.3 is 19.3 Å². The number of aromatic carboxylic acids is 1. The average Bonchev–Trinajstić information content (AvgIpc) is 2.55. The van der Waals surface area contributed by atoms with Crippen LogP contribution < -0.4 is 10.3 Å².